The number of ether oxygens (including phenoxy) is 2. The average molecular weight is 351 g/mol. The predicted octanol–water partition coefficient (Wildman–Crippen LogP) is 2.20. The van der Waals surface area contributed by atoms with Gasteiger partial charge in [-0.25, -0.2) is 0 Å². The number of nitrogens with zero attached hydrogens (tertiary/aromatic N) is 2. The van der Waals surface area contributed by atoms with E-state index in [4.69, 9.17) is 9.47 Å². The van der Waals surface area contributed by atoms with Gasteiger partial charge in [-0.05, 0) is 24.1 Å². The first kappa shape index (κ1) is 20.2. The van der Waals surface area contributed by atoms with Crippen molar-refractivity contribution < 1.29 is 14.6 Å². The largest absolute Gasteiger partial charge is 0.491 e. The van der Waals surface area contributed by atoms with Crippen molar-refractivity contribution in [2.24, 2.45) is 0 Å². The molecule has 5 nitrogen and oxygen atoms in total. The van der Waals surface area contributed by atoms with Crippen molar-refractivity contribution in [2.45, 2.75) is 32.8 Å². The standard InChI is InChI=1S/C20H34N2O3/c1-4-21-9-11-22(12-10-21)15-18(23)16-24-13-14-25-20-8-6-5-7-19(20)17(2)3/h5-8,17-18,23H,4,9-16H2,1-3H3. The third kappa shape index (κ3) is 6.94. The van der Waals surface area contributed by atoms with Crippen molar-refractivity contribution >= 4 is 0 Å². The molecule has 0 aliphatic carbocycles. The third-order valence-corrected chi connectivity index (χ3v) is 4.72. The zero-order valence-electron chi connectivity index (χ0n) is 16.0. The van der Waals surface area contributed by atoms with Crippen molar-refractivity contribution in [3.8, 4) is 5.75 Å². The molecule has 0 amide bonds. The summed E-state index contributed by atoms with van der Waals surface area (Å²) in [4.78, 5) is 4.75. The van der Waals surface area contributed by atoms with Gasteiger partial charge in [0.2, 0.25) is 0 Å². The maximum Gasteiger partial charge on any atom is 0.122 e. The normalized spacial score (nSPS) is 17.8. The van der Waals surface area contributed by atoms with E-state index in [1.165, 1.54) is 5.56 Å². The van der Waals surface area contributed by atoms with E-state index >= 15 is 0 Å². The number of benzene rings is 1. The molecular weight excluding hydrogens is 316 g/mol. The molecular formula is C20H34N2O3. The smallest absolute Gasteiger partial charge is 0.122 e. The highest BCUT2D eigenvalue weighted by molar-refractivity contribution is 5.35. The molecule has 142 valence electrons. The maximum absolute atomic E-state index is 10.1. The van der Waals surface area contributed by atoms with Gasteiger partial charge in [0.15, 0.2) is 0 Å². The van der Waals surface area contributed by atoms with E-state index in [1.54, 1.807) is 0 Å². The lowest BCUT2D eigenvalue weighted by atomic mass is 10.0. The highest BCUT2D eigenvalue weighted by atomic mass is 16.5. The Morgan fingerprint density at radius 2 is 1.72 bits per heavy atom. The van der Waals surface area contributed by atoms with E-state index in [-0.39, 0.29) is 0 Å². The van der Waals surface area contributed by atoms with E-state index in [2.05, 4.69) is 36.6 Å². The lowest BCUT2D eigenvalue weighted by Crippen LogP contribution is -2.48. The van der Waals surface area contributed by atoms with Gasteiger partial charge in [0, 0.05) is 32.7 Å². The van der Waals surface area contributed by atoms with E-state index in [0.29, 0.717) is 32.3 Å². The van der Waals surface area contributed by atoms with E-state index in [9.17, 15) is 5.11 Å². The van der Waals surface area contributed by atoms with Gasteiger partial charge in [-0.3, -0.25) is 4.90 Å². The molecule has 1 aromatic carbocycles. The quantitative estimate of drug-likeness (QED) is 0.656. The van der Waals surface area contributed by atoms with Crippen LogP contribution in [0, 0.1) is 0 Å². The fraction of sp³-hybridized carbons (Fsp3) is 0.700. The summed E-state index contributed by atoms with van der Waals surface area (Å²) in [6.07, 6.45) is -0.434. The number of hydrogen-bond acceptors (Lipinski definition) is 5. The second kappa shape index (κ2) is 10.8. The van der Waals surface area contributed by atoms with Crippen LogP contribution in [0.25, 0.3) is 0 Å². The fourth-order valence-corrected chi connectivity index (χ4v) is 3.16. The fourth-order valence-electron chi connectivity index (χ4n) is 3.16. The Morgan fingerprint density at radius 1 is 1.04 bits per heavy atom. The predicted molar refractivity (Wildman–Crippen MR) is 101 cm³/mol. The van der Waals surface area contributed by atoms with Gasteiger partial charge in [0.1, 0.15) is 12.4 Å². The lowest BCUT2D eigenvalue weighted by molar-refractivity contribution is 0.000318. The molecule has 2 rings (SSSR count). The van der Waals surface area contributed by atoms with Crippen LogP contribution in [0.2, 0.25) is 0 Å². The number of β-amino-alcohol motifs (C(OH)–C–C–N with tert-alkyl or cyclic N) is 1. The maximum atomic E-state index is 10.1. The molecule has 0 spiro atoms. The molecule has 0 radical (unpaired) electrons. The van der Waals surface area contributed by atoms with Gasteiger partial charge < -0.3 is 19.5 Å². The van der Waals surface area contributed by atoms with Crippen LogP contribution in [0.4, 0.5) is 0 Å². The second-order valence-electron chi connectivity index (χ2n) is 7.00. The summed E-state index contributed by atoms with van der Waals surface area (Å²) in [5.41, 5.74) is 1.22. The lowest BCUT2D eigenvalue weighted by Gasteiger charge is -2.34. The molecule has 1 aliphatic heterocycles. The first-order valence-corrected chi connectivity index (χ1v) is 9.52. The van der Waals surface area contributed by atoms with Crippen LogP contribution >= 0.6 is 0 Å². The van der Waals surface area contributed by atoms with Crippen molar-refractivity contribution in [3.05, 3.63) is 29.8 Å². The Morgan fingerprint density at radius 3 is 2.40 bits per heavy atom. The molecule has 5 heteroatoms. The van der Waals surface area contributed by atoms with E-state index in [0.717, 1.165) is 38.5 Å². The highest BCUT2D eigenvalue weighted by Crippen LogP contribution is 2.25. The number of piperazine rings is 1. The van der Waals surface area contributed by atoms with Gasteiger partial charge in [0.05, 0.1) is 19.3 Å². The molecule has 1 aromatic rings. The summed E-state index contributed by atoms with van der Waals surface area (Å²) in [5, 5.41) is 10.1. The summed E-state index contributed by atoms with van der Waals surface area (Å²) < 4.78 is 11.4. The third-order valence-electron chi connectivity index (χ3n) is 4.72. The van der Waals surface area contributed by atoms with Gasteiger partial charge in [-0.15, -0.1) is 0 Å². The Hall–Kier alpha value is -1.14. The number of likely N-dealkylation sites (N-methyl/N-ethyl adjacent to an activating group) is 1. The van der Waals surface area contributed by atoms with Crippen LogP contribution in [0.3, 0.4) is 0 Å². The van der Waals surface area contributed by atoms with Gasteiger partial charge in [-0.1, -0.05) is 39.0 Å². The van der Waals surface area contributed by atoms with Crippen molar-refractivity contribution in [1.82, 2.24) is 9.80 Å². The Balaban J connectivity index is 1.58. The van der Waals surface area contributed by atoms with Crippen LogP contribution in [-0.4, -0.2) is 80.1 Å². The Kier molecular flexibility index (Phi) is 8.68. The minimum atomic E-state index is -0.434. The van der Waals surface area contributed by atoms with E-state index in [1.807, 2.05) is 18.2 Å². The number of para-hydroxylation sites is 1. The summed E-state index contributed by atoms with van der Waals surface area (Å²) in [5.74, 6) is 1.36. The minimum absolute atomic E-state index is 0.364. The zero-order chi connectivity index (χ0) is 18.1. The van der Waals surface area contributed by atoms with Gasteiger partial charge in [-0.2, -0.15) is 0 Å². The molecule has 1 heterocycles. The SMILES string of the molecule is CCN1CCN(CC(O)COCCOc2ccccc2C(C)C)CC1. The van der Waals surface area contributed by atoms with E-state index < -0.39 is 6.10 Å². The van der Waals surface area contributed by atoms with Crippen molar-refractivity contribution in [3.63, 3.8) is 0 Å². The number of hydrogen-bond donors (Lipinski definition) is 1. The molecule has 0 aromatic heterocycles. The second-order valence-corrected chi connectivity index (χ2v) is 7.00. The summed E-state index contributed by atoms with van der Waals surface area (Å²) in [6, 6.07) is 8.13. The average Bonchev–Trinajstić information content (AvgIpc) is 2.62. The number of rotatable bonds is 10. The van der Waals surface area contributed by atoms with Crippen LogP contribution in [0.5, 0.6) is 5.75 Å². The minimum Gasteiger partial charge on any atom is -0.491 e. The Bertz CT molecular complexity index is 488. The first-order valence-electron chi connectivity index (χ1n) is 9.52. The van der Waals surface area contributed by atoms with Crippen LogP contribution < -0.4 is 4.74 Å². The summed E-state index contributed by atoms with van der Waals surface area (Å²) in [6.45, 7) is 13.9. The van der Waals surface area contributed by atoms with Crippen LogP contribution in [0.1, 0.15) is 32.3 Å². The highest BCUT2D eigenvalue weighted by Gasteiger charge is 2.18. The molecule has 0 saturated carbocycles. The van der Waals surface area contributed by atoms with Crippen molar-refractivity contribution in [2.75, 3.05) is 59.1 Å². The molecule has 1 unspecified atom stereocenters. The molecule has 1 atom stereocenters. The van der Waals surface area contributed by atoms with Crippen molar-refractivity contribution in [1.29, 1.82) is 0 Å². The van der Waals surface area contributed by atoms with Crippen LogP contribution in [-0.2, 0) is 4.74 Å². The first-order chi connectivity index (χ1) is 12.1. The summed E-state index contributed by atoms with van der Waals surface area (Å²) >= 11 is 0. The molecule has 0 bridgehead atoms. The zero-order valence-corrected chi connectivity index (χ0v) is 16.0. The van der Waals surface area contributed by atoms with Crippen LogP contribution in [0.15, 0.2) is 24.3 Å². The summed E-state index contributed by atoms with van der Waals surface area (Å²) in [7, 11) is 0. The number of aliphatic hydroxyl groups excluding tert-OH is 1. The molecule has 1 N–H and O–H groups in total. The molecule has 1 saturated heterocycles. The topological polar surface area (TPSA) is 45.2 Å². The van der Waals surface area contributed by atoms with Gasteiger partial charge in [0.25, 0.3) is 0 Å². The van der Waals surface area contributed by atoms with Gasteiger partial charge >= 0.3 is 0 Å². The molecule has 25 heavy (non-hydrogen) atoms. The Labute approximate surface area is 152 Å². The molecule has 1 aliphatic rings. The molecule has 1 fully saturated rings. The number of aliphatic hydroxyl groups is 1. The monoisotopic (exact) mass is 350 g/mol.